The molecule has 0 aromatic carbocycles. The molecule has 1 aliphatic carbocycles. The highest BCUT2D eigenvalue weighted by atomic mass is 19.4. The molecule has 0 N–H and O–H groups in total. The van der Waals surface area contributed by atoms with Crippen molar-refractivity contribution >= 4 is 0 Å². The minimum Gasteiger partial charge on any atom is -0.456 e. The molecule has 2 aliphatic rings. The second-order valence-electron chi connectivity index (χ2n) is 3.56. The summed E-state index contributed by atoms with van der Waals surface area (Å²) < 4.78 is 46.4. The third-order valence-corrected chi connectivity index (χ3v) is 2.38. The molecular formula is C9H11F3O2. The first-order chi connectivity index (χ1) is 6.54. The minimum absolute atomic E-state index is 0.381. The van der Waals surface area contributed by atoms with E-state index < -0.39 is 12.0 Å². The van der Waals surface area contributed by atoms with Crippen molar-refractivity contribution in [3.8, 4) is 0 Å². The van der Waals surface area contributed by atoms with Crippen LogP contribution in [0.3, 0.4) is 0 Å². The van der Waals surface area contributed by atoms with Crippen molar-refractivity contribution in [2.24, 2.45) is 0 Å². The van der Waals surface area contributed by atoms with E-state index >= 15 is 0 Å². The van der Waals surface area contributed by atoms with Crippen LogP contribution < -0.4 is 0 Å². The molecule has 1 atom stereocenters. The Morgan fingerprint density at radius 3 is 2.50 bits per heavy atom. The Balaban J connectivity index is 2.00. The van der Waals surface area contributed by atoms with Crippen LogP contribution in [0.25, 0.3) is 0 Å². The van der Waals surface area contributed by atoms with Crippen LogP contribution in [0, 0.1) is 0 Å². The summed E-state index contributed by atoms with van der Waals surface area (Å²) in [6, 6.07) is 0. The molecule has 0 aromatic rings. The zero-order chi connectivity index (χ0) is 10.2. The van der Waals surface area contributed by atoms with E-state index in [-0.39, 0.29) is 6.61 Å². The van der Waals surface area contributed by atoms with E-state index in [0.717, 1.165) is 19.3 Å². The van der Waals surface area contributed by atoms with Gasteiger partial charge in [-0.25, -0.2) is 0 Å². The van der Waals surface area contributed by atoms with E-state index in [1.807, 2.05) is 0 Å². The number of allylic oxidation sites excluding steroid dienone is 2. The summed E-state index contributed by atoms with van der Waals surface area (Å²) in [4.78, 5) is 0. The van der Waals surface area contributed by atoms with Crippen LogP contribution in [0.4, 0.5) is 13.2 Å². The first-order valence-corrected chi connectivity index (χ1v) is 4.62. The van der Waals surface area contributed by atoms with Crippen LogP contribution in [0.2, 0.25) is 0 Å². The summed E-state index contributed by atoms with van der Waals surface area (Å²) in [7, 11) is 0. The molecule has 0 saturated carbocycles. The molecule has 1 unspecified atom stereocenters. The fourth-order valence-corrected chi connectivity index (χ4v) is 1.46. The molecular weight excluding hydrogens is 197 g/mol. The van der Waals surface area contributed by atoms with Gasteiger partial charge < -0.3 is 9.47 Å². The lowest BCUT2D eigenvalue weighted by Gasteiger charge is -2.21. The van der Waals surface area contributed by atoms with Gasteiger partial charge in [-0.3, -0.25) is 0 Å². The predicted molar refractivity (Wildman–Crippen MR) is 42.4 cm³/mol. The van der Waals surface area contributed by atoms with Gasteiger partial charge in [-0.05, 0) is 25.3 Å². The van der Waals surface area contributed by atoms with Crippen molar-refractivity contribution in [3.63, 3.8) is 0 Å². The first kappa shape index (κ1) is 9.83. The molecule has 0 amide bonds. The highest BCUT2D eigenvalue weighted by Crippen LogP contribution is 2.46. The average molecular weight is 208 g/mol. The van der Waals surface area contributed by atoms with Crippen molar-refractivity contribution in [1.29, 1.82) is 0 Å². The van der Waals surface area contributed by atoms with Crippen molar-refractivity contribution in [2.45, 2.75) is 37.6 Å². The van der Waals surface area contributed by atoms with Crippen LogP contribution in [0.15, 0.2) is 11.8 Å². The molecule has 5 heteroatoms. The molecule has 14 heavy (non-hydrogen) atoms. The maximum absolute atomic E-state index is 12.4. The van der Waals surface area contributed by atoms with Gasteiger partial charge in [-0.1, -0.05) is 0 Å². The molecule has 1 saturated heterocycles. The van der Waals surface area contributed by atoms with Crippen molar-refractivity contribution in [2.75, 3.05) is 6.61 Å². The van der Waals surface area contributed by atoms with Crippen LogP contribution in [0.5, 0.6) is 0 Å². The first-order valence-electron chi connectivity index (χ1n) is 4.62. The standard InChI is InChI=1S/C9H11F3O2/c10-9(11,12)8(6-13-8)14-7-4-2-1-3-5-7/h4H,1-3,5-6H2. The summed E-state index contributed by atoms with van der Waals surface area (Å²) in [5.41, 5.74) is 0. The maximum Gasteiger partial charge on any atom is 0.458 e. The molecule has 1 heterocycles. The zero-order valence-corrected chi connectivity index (χ0v) is 7.56. The predicted octanol–water partition coefficient (Wildman–Crippen LogP) is 2.75. The molecule has 80 valence electrons. The number of halogens is 3. The van der Waals surface area contributed by atoms with Gasteiger partial charge in [0.15, 0.2) is 0 Å². The Kier molecular flexibility index (Phi) is 2.21. The number of epoxide rings is 1. The summed E-state index contributed by atoms with van der Waals surface area (Å²) in [6.45, 7) is -0.381. The summed E-state index contributed by atoms with van der Waals surface area (Å²) in [6.07, 6.45) is 0.584. The van der Waals surface area contributed by atoms with Gasteiger partial charge in [0.05, 0.1) is 5.76 Å². The summed E-state index contributed by atoms with van der Waals surface area (Å²) in [5.74, 6) is -1.90. The summed E-state index contributed by atoms with van der Waals surface area (Å²) in [5, 5.41) is 0. The Hall–Kier alpha value is -0.710. The highest BCUT2D eigenvalue weighted by molar-refractivity contribution is 5.02. The molecule has 0 aromatic heterocycles. The van der Waals surface area contributed by atoms with Gasteiger partial charge in [-0.2, -0.15) is 13.2 Å². The lowest BCUT2D eigenvalue weighted by molar-refractivity contribution is -0.260. The molecule has 0 spiro atoms. The topological polar surface area (TPSA) is 21.8 Å². The Morgan fingerprint density at radius 2 is 2.07 bits per heavy atom. The normalized spacial score (nSPS) is 32.4. The Morgan fingerprint density at radius 1 is 1.36 bits per heavy atom. The number of ether oxygens (including phenoxy) is 2. The van der Waals surface area contributed by atoms with Crippen LogP contribution in [0.1, 0.15) is 25.7 Å². The fraction of sp³-hybridized carbons (Fsp3) is 0.778. The lowest BCUT2D eigenvalue weighted by Crippen LogP contribution is -2.35. The van der Waals surface area contributed by atoms with Crippen molar-refractivity contribution in [1.82, 2.24) is 0 Å². The van der Waals surface area contributed by atoms with Crippen molar-refractivity contribution in [3.05, 3.63) is 11.8 Å². The third-order valence-electron chi connectivity index (χ3n) is 2.38. The largest absolute Gasteiger partial charge is 0.458 e. The van der Waals surface area contributed by atoms with Gasteiger partial charge in [0, 0.05) is 6.42 Å². The van der Waals surface area contributed by atoms with E-state index in [1.54, 1.807) is 6.08 Å². The molecule has 0 radical (unpaired) electrons. The maximum atomic E-state index is 12.4. The van der Waals surface area contributed by atoms with Crippen LogP contribution >= 0.6 is 0 Å². The van der Waals surface area contributed by atoms with Gasteiger partial charge in [0.2, 0.25) is 0 Å². The highest BCUT2D eigenvalue weighted by Gasteiger charge is 2.69. The summed E-state index contributed by atoms with van der Waals surface area (Å²) >= 11 is 0. The molecule has 1 fully saturated rings. The lowest BCUT2D eigenvalue weighted by atomic mass is 10.1. The zero-order valence-electron chi connectivity index (χ0n) is 7.56. The number of alkyl halides is 3. The van der Waals surface area contributed by atoms with Crippen molar-refractivity contribution < 1.29 is 22.6 Å². The van der Waals surface area contributed by atoms with E-state index in [0.29, 0.717) is 12.2 Å². The van der Waals surface area contributed by atoms with Gasteiger partial charge >= 0.3 is 12.0 Å². The number of hydrogen-bond acceptors (Lipinski definition) is 2. The molecule has 2 rings (SSSR count). The Labute approximate surface area is 79.7 Å². The molecule has 1 aliphatic heterocycles. The second kappa shape index (κ2) is 3.15. The quantitative estimate of drug-likeness (QED) is 0.651. The van der Waals surface area contributed by atoms with Crippen LogP contribution in [-0.4, -0.2) is 18.6 Å². The fourth-order valence-electron chi connectivity index (χ4n) is 1.46. The van der Waals surface area contributed by atoms with E-state index in [9.17, 15) is 13.2 Å². The number of rotatable bonds is 2. The Bertz CT molecular complexity index is 253. The monoisotopic (exact) mass is 208 g/mol. The third kappa shape index (κ3) is 1.73. The van der Waals surface area contributed by atoms with E-state index in [1.165, 1.54) is 0 Å². The molecule has 0 bridgehead atoms. The second-order valence-corrected chi connectivity index (χ2v) is 3.56. The number of hydrogen-bond donors (Lipinski definition) is 0. The smallest absolute Gasteiger partial charge is 0.456 e. The van der Waals surface area contributed by atoms with E-state index in [4.69, 9.17) is 4.74 Å². The van der Waals surface area contributed by atoms with Gasteiger partial charge in [0.1, 0.15) is 6.61 Å². The van der Waals surface area contributed by atoms with Crippen LogP contribution in [-0.2, 0) is 9.47 Å². The molecule has 2 nitrogen and oxygen atoms in total. The average Bonchev–Trinajstić information content (AvgIpc) is 2.86. The minimum atomic E-state index is -4.43. The van der Waals surface area contributed by atoms with E-state index in [2.05, 4.69) is 4.74 Å². The SMILES string of the molecule is FC(F)(F)C1(OC2=CCCCC2)CO1. The van der Waals surface area contributed by atoms with Gasteiger partial charge in [-0.15, -0.1) is 0 Å². The van der Waals surface area contributed by atoms with Gasteiger partial charge in [0.25, 0.3) is 0 Å².